The van der Waals surface area contributed by atoms with Gasteiger partial charge in [-0.15, -0.1) is 0 Å². The predicted molar refractivity (Wildman–Crippen MR) is 83.4 cm³/mol. The summed E-state index contributed by atoms with van der Waals surface area (Å²) in [6, 6.07) is 3.81. The maximum absolute atomic E-state index is 12.0. The molecule has 23 heavy (non-hydrogen) atoms. The Morgan fingerprint density at radius 2 is 2.09 bits per heavy atom. The topological polar surface area (TPSA) is 108 Å². The number of methoxy groups -OCH3 is 1. The number of hydrogen-bond acceptors (Lipinski definition) is 6. The summed E-state index contributed by atoms with van der Waals surface area (Å²) in [5, 5.41) is 13.2. The van der Waals surface area contributed by atoms with E-state index in [0.717, 1.165) is 6.42 Å². The van der Waals surface area contributed by atoms with Crippen LogP contribution in [0.4, 0.5) is 11.4 Å². The van der Waals surface area contributed by atoms with Crippen LogP contribution in [0, 0.1) is 10.1 Å². The number of nitro benzene ring substituents is 1. The van der Waals surface area contributed by atoms with Gasteiger partial charge >= 0.3 is 5.97 Å². The number of anilines is 1. The van der Waals surface area contributed by atoms with Gasteiger partial charge in [0.05, 0.1) is 23.8 Å². The minimum atomic E-state index is -0.973. The number of ether oxygens (including phenoxy) is 2. The van der Waals surface area contributed by atoms with E-state index in [-0.39, 0.29) is 23.5 Å². The Morgan fingerprint density at radius 3 is 2.65 bits per heavy atom. The molecule has 0 heterocycles. The van der Waals surface area contributed by atoms with Crippen molar-refractivity contribution in [3.05, 3.63) is 28.3 Å². The lowest BCUT2D eigenvalue weighted by Gasteiger charge is -2.15. The molecule has 0 saturated carbocycles. The Morgan fingerprint density at radius 1 is 1.39 bits per heavy atom. The molecule has 0 aromatic heterocycles. The molecule has 8 nitrogen and oxygen atoms in total. The van der Waals surface area contributed by atoms with Gasteiger partial charge in [0.25, 0.3) is 11.6 Å². The number of nitrogens with zero attached hydrogens (tertiary/aromatic N) is 1. The van der Waals surface area contributed by atoms with Gasteiger partial charge in [0.2, 0.25) is 0 Å². The average Bonchev–Trinajstić information content (AvgIpc) is 2.52. The molecule has 1 rings (SSSR count). The number of carbonyl (C=O) groups excluding carboxylic acids is 2. The van der Waals surface area contributed by atoms with E-state index in [1.165, 1.54) is 32.2 Å². The number of amides is 1. The van der Waals surface area contributed by atoms with Crippen molar-refractivity contribution < 1.29 is 24.0 Å². The van der Waals surface area contributed by atoms with Crippen LogP contribution in [-0.2, 0) is 14.3 Å². The zero-order valence-corrected chi connectivity index (χ0v) is 13.3. The van der Waals surface area contributed by atoms with Gasteiger partial charge < -0.3 is 14.8 Å². The quantitative estimate of drug-likeness (QED) is 0.447. The van der Waals surface area contributed by atoms with Crippen LogP contribution in [0.1, 0.15) is 33.1 Å². The second-order valence-corrected chi connectivity index (χ2v) is 4.87. The van der Waals surface area contributed by atoms with Crippen molar-refractivity contribution >= 4 is 23.3 Å². The second-order valence-electron chi connectivity index (χ2n) is 4.87. The average molecular weight is 324 g/mol. The van der Waals surface area contributed by atoms with Crippen molar-refractivity contribution in [1.29, 1.82) is 0 Å². The molecule has 1 N–H and O–H groups in total. The summed E-state index contributed by atoms with van der Waals surface area (Å²) < 4.78 is 10.0. The zero-order chi connectivity index (χ0) is 17.4. The summed E-state index contributed by atoms with van der Waals surface area (Å²) in [4.78, 5) is 33.7. The predicted octanol–water partition coefficient (Wildman–Crippen LogP) is 2.66. The lowest BCUT2D eigenvalue weighted by Crippen LogP contribution is -2.30. The molecule has 0 spiro atoms. The van der Waals surface area contributed by atoms with Gasteiger partial charge in [0.1, 0.15) is 5.75 Å². The Kier molecular flexibility index (Phi) is 6.98. The van der Waals surface area contributed by atoms with Gasteiger partial charge in [0, 0.05) is 12.5 Å². The SMILES string of the molecule is CCCCC(=O)O[C@H](C)C(=O)Nc1ccc([N+](=O)[O-])cc1OC. The number of unbranched alkanes of at least 4 members (excludes halogenated alkanes) is 1. The van der Waals surface area contributed by atoms with E-state index < -0.39 is 22.9 Å². The maximum atomic E-state index is 12.0. The Labute approximate surface area is 133 Å². The fraction of sp³-hybridized carbons (Fsp3) is 0.467. The van der Waals surface area contributed by atoms with Crippen LogP contribution in [-0.4, -0.2) is 30.0 Å². The van der Waals surface area contributed by atoms with Crippen molar-refractivity contribution in [2.24, 2.45) is 0 Å². The van der Waals surface area contributed by atoms with Gasteiger partial charge in [0.15, 0.2) is 6.10 Å². The second kappa shape index (κ2) is 8.72. The van der Waals surface area contributed by atoms with E-state index >= 15 is 0 Å². The number of non-ortho nitro benzene ring substituents is 1. The largest absolute Gasteiger partial charge is 0.494 e. The number of carbonyl (C=O) groups is 2. The van der Waals surface area contributed by atoms with Crippen LogP contribution in [0.3, 0.4) is 0 Å². The first-order valence-corrected chi connectivity index (χ1v) is 7.21. The molecule has 0 fully saturated rings. The molecule has 1 amide bonds. The minimum absolute atomic E-state index is 0.150. The molecule has 0 radical (unpaired) electrons. The van der Waals surface area contributed by atoms with Gasteiger partial charge in [-0.1, -0.05) is 13.3 Å². The summed E-state index contributed by atoms with van der Waals surface area (Å²) in [5.74, 6) is -0.829. The van der Waals surface area contributed by atoms with Crippen LogP contribution in [0.2, 0.25) is 0 Å². The lowest BCUT2D eigenvalue weighted by molar-refractivity contribution is -0.384. The van der Waals surface area contributed by atoms with Gasteiger partial charge in [-0.05, 0) is 19.4 Å². The Bertz CT molecular complexity index is 587. The van der Waals surface area contributed by atoms with Crippen LogP contribution >= 0.6 is 0 Å². The molecular formula is C15H20N2O6. The van der Waals surface area contributed by atoms with Gasteiger partial charge in [-0.2, -0.15) is 0 Å². The summed E-state index contributed by atoms with van der Waals surface area (Å²) >= 11 is 0. The minimum Gasteiger partial charge on any atom is -0.494 e. The molecule has 1 aromatic carbocycles. The van der Waals surface area contributed by atoms with Crippen molar-refractivity contribution in [2.45, 2.75) is 39.2 Å². The fourth-order valence-corrected chi connectivity index (χ4v) is 1.76. The Hall–Kier alpha value is -2.64. The normalized spacial score (nSPS) is 11.4. The van der Waals surface area contributed by atoms with Crippen LogP contribution < -0.4 is 10.1 Å². The molecule has 0 aliphatic rings. The number of nitro groups is 1. The summed E-state index contributed by atoms with van der Waals surface area (Å²) in [7, 11) is 1.34. The first-order chi connectivity index (χ1) is 10.9. The molecule has 0 aliphatic heterocycles. The monoisotopic (exact) mass is 324 g/mol. The van der Waals surface area contributed by atoms with Crippen molar-refractivity contribution in [1.82, 2.24) is 0 Å². The van der Waals surface area contributed by atoms with E-state index in [4.69, 9.17) is 9.47 Å². The summed E-state index contributed by atoms with van der Waals surface area (Å²) in [6.45, 7) is 3.40. The van der Waals surface area contributed by atoms with Gasteiger partial charge in [-0.3, -0.25) is 19.7 Å². The Balaban J connectivity index is 2.72. The van der Waals surface area contributed by atoms with E-state index in [1.54, 1.807) is 0 Å². The number of rotatable bonds is 8. The molecule has 126 valence electrons. The van der Waals surface area contributed by atoms with Gasteiger partial charge in [-0.25, -0.2) is 0 Å². The highest BCUT2D eigenvalue weighted by atomic mass is 16.6. The highest BCUT2D eigenvalue weighted by Gasteiger charge is 2.20. The lowest BCUT2D eigenvalue weighted by atomic mass is 10.2. The maximum Gasteiger partial charge on any atom is 0.306 e. The van der Waals surface area contributed by atoms with E-state index in [9.17, 15) is 19.7 Å². The van der Waals surface area contributed by atoms with E-state index in [1.807, 2.05) is 6.92 Å². The van der Waals surface area contributed by atoms with E-state index in [2.05, 4.69) is 5.32 Å². The summed E-state index contributed by atoms with van der Waals surface area (Å²) in [6.07, 6.45) is 0.841. The number of nitrogens with one attached hydrogen (secondary N) is 1. The molecule has 1 atom stereocenters. The molecular weight excluding hydrogens is 304 g/mol. The molecule has 0 bridgehead atoms. The number of esters is 1. The number of benzene rings is 1. The smallest absolute Gasteiger partial charge is 0.306 e. The highest BCUT2D eigenvalue weighted by Crippen LogP contribution is 2.29. The zero-order valence-electron chi connectivity index (χ0n) is 13.3. The fourth-order valence-electron chi connectivity index (χ4n) is 1.76. The third kappa shape index (κ3) is 5.57. The molecule has 8 heteroatoms. The first-order valence-electron chi connectivity index (χ1n) is 7.21. The van der Waals surface area contributed by atoms with Crippen molar-refractivity contribution in [2.75, 3.05) is 12.4 Å². The third-order valence-electron chi connectivity index (χ3n) is 3.07. The molecule has 0 saturated heterocycles. The standard InChI is InChI=1S/C15H20N2O6/c1-4-5-6-14(18)23-10(2)15(19)16-12-8-7-11(17(20)21)9-13(12)22-3/h7-10H,4-6H2,1-3H3,(H,16,19)/t10-/m1/s1. The summed E-state index contributed by atoms with van der Waals surface area (Å²) in [5.41, 5.74) is 0.110. The molecule has 0 aliphatic carbocycles. The van der Waals surface area contributed by atoms with Crippen LogP contribution in [0.15, 0.2) is 18.2 Å². The molecule has 0 unspecified atom stereocenters. The third-order valence-corrected chi connectivity index (χ3v) is 3.07. The van der Waals surface area contributed by atoms with Crippen molar-refractivity contribution in [3.8, 4) is 5.75 Å². The van der Waals surface area contributed by atoms with Crippen LogP contribution in [0.5, 0.6) is 5.75 Å². The first kappa shape index (κ1) is 18.4. The van der Waals surface area contributed by atoms with E-state index in [0.29, 0.717) is 6.42 Å². The molecule has 1 aromatic rings. The van der Waals surface area contributed by atoms with Crippen molar-refractivity contribution in [3.63, 3.8) is 0 Å². The highest BCUT2D eigenvalue weighted by molar-refractivity contribution is 5.96. The number of hydrogen-bond donors (Lipinski definition) is 1. The van der Waals surface area contributed by atoms with Crippen LogP contribution in [0.25, 0.3) is 0 Å².